The van der Waals surface area contributed by atoms with Crippen LogP contribution in [-0.2, 0) is 4.79 Å². The van der Waals surface area contributed by atoms with E-state index in [0.717, 1.165) is 0 Å². The molecule has 0 N–H and O–H groups in total. The number of carbonyl (C=O) groups is 1. The minimum absolute atomic E-state index is 0.165. The summed E-state index contributed by atoms with van der Waals surface area (Å²) in [5.41, 5.74) is 1.20. The fraction of sp³-hybridized carbons (Fsp3) is 0.0714. The van der Waals surface area contributed by atoms with E-state index in [-0.39, 0.29) is 5.91 Å². The quantitative estimate of drug-likeness (QED) is 0.744. The molecular weight excluding hydrogens is 269 g/mol. The van der Waals surface area contributed by atoms with E-state index in [9.17, 15) is 4.79 Å². The van der Waals surface area contributed by atoms with Crippen molar-refractivity contribution in [3.05, 3.63) is 65.3 Å². The molecule has 0 aromatic heterocycles. The second-order valence-corrected chi connectivity index (χ2v) is 4.48. The van der Waals surface area contributed by atoms with E-state index in [1.54, 1.807) is 30.3 Å². The SMILES string of the molecule is C=C/C(=C\C(=C)Cl)N(C(C)=O)c1cccc(Cl)c1. The van der Waals surface area contributed by atoms with Crippen molar-refractivity contribution in [3.63, 3.8) is 0 Å². The van der Waals surface area contributed by atoms with Crippen LogP contribution in [0.15, 0.2) is 60.3 Å². The fourth-order valence-electron chi connectivity index (χ4n) is 1.50. The van der Waals surface area contributed by atoms with Crippen LogP contribution in [0.1, 0.15) is 6.92 Å². The highest BCUT2D eigenvalue weighted by atomic mass is 35.5. The summed E-state index contributed by atoms with van der Waals surface area (Å²) in [4.78, 5) is 13.2. The van der Waals surface area contributed by atoms with Gasteiger partial charge in [0.25, 0.3) is 0 Å². The van der Waals surface area contributed by atoms with Gasteiger partial charge in [-0.3, -0.25) is 9.69 Å². The number of hydrogen-bond donors (Lipinski definition) is 0. The van der Waals surface area contributed by atoms with E-state index < -0.39 is 0 Å². The maximum absolute atomic E-state index is 11.8. The number of anilines is 1. The normalized spacial score (nSPS) is 10.9. The molecule has 0 atom stereocenters. The van der Waals surface area contributed by atoms with Gasteiger partial charge in [-0.2, -0.15) is 0 Å². The van der Waals surface area contributed by atoms with Crippen molar-refractivity contribution in [1.82, 2.24) is 0 Å². The lowest BCUT2D eigenvalue weighted by atomic mass is 10.2. The van der Waals surface area contributed by atoms with Gasteiger partial charge < -0.3 is 0 Å². The molecule has 4 heteroatoms. The summed E-state index contributed by atoms with van der Waals surface area (Å²) in [6.45, 7) is 8.70. The minimum Gasteiger partial charge on any atom is -0.281 e. The van der Waals surface area contributed by atoms with Crippen LogP contribution in [0.3, 0.4) is 0 Å². The summed E-state index contributed by atoms with van der Waals surface area (Å²) in [5, 5.41) is 0.866. The smallest absolute Gasteiger partial charge is 0.228 e. The summed E-state index contributed by atoms with van der Waals surface area (Å²) in [7, 11) is 0. The van der Waals surface area contributed by atoms with Crippen LogP contribution in [0.2, 0.25) is 5.02 Å². The van der Waals surface area contributed by atoms with Crippen LogP contribution >= 0.6 is 23.2 Å². The van der Waals surface area contributed by atoms with Crippen molar-refractivity contribution in [1.29, 1.82) is 0 Å². The largest absolute Gasteiger partial charge is 0.281 e. The summed E-state index contributed by atoms with van der Waals surface area (Å²) in [6.07, 6.45) is 3.10. The second-order valence-electron chi connectivity index (χ2n) is 3.55. The Morgan fingerprint density at radius 2 is 2.11 bits per heavy atom. The van der Waals surface area contributed by atoms with Crippen LogP contribution in [0, 0.1) is 0 Å². The monoisotopic (exact) mass is 281 g/mol. The van der Waals surface area contributed by atoms with Gasteiger partial charge in [0.1, 0.15) is 0 Å². The second kappa shape index (κ2) is 6.43. The number of allylic oxidation sites excluding steroid dienone is 3. The van der Waals surface area contributed by atoms with E-state index in [1.165, 1.54) is 17.9 Å². The number of rotatable bonds is 4. The van der Waals surface area contributed by atoms with Crippen molar-refractivity contribution in [3.8, 4) is 0 Å². The molecule has 0 saturated carbocycles. The Morgan fingerprint density at radius 3 is 2.56 bits per heavy atom. The third-order valence-corrected chi connectivity index (χ3v) is 2.50. The molecule has 1 aromatic rings. The molecule has 0 aliphatic heterocycles. The predicted octanol–water partition coefficient (Wildman–Crippen LogP) is 4.52. The topological polar surface area (TPSA) is 20.3 Å². The van der Waals surface area contributed by atoms with E-state index in [4.69, 9.17) is 23.2 Å². The molecule has 0 aliphatic carbocycles. The first-order valence-corrected chi connectivity index (χ1v) is 5.96. The first kappa shape index (κ1) is 14.6. The molecule has 0 radical (unpaired) electrons. The van der Waals surface area contributed by atoms with Crippen molar-refractivity contribution in [2.75, 3.05) is 4.90 Å². The zero-order valence-corrected chi connectivity index (χ0v) is 11.5. The molecule has 0 aliphatic rings. The molecule has 0 unspecified atom stereocenters. The van der Waals surface area contributed by atoms with Crippen molar-refractivity contribution in [2.24, 2.45) is 0 Å². The molecule has 1 aromatic carbocycles. The Hall–Kier alpha value is -1.51. The number of carbonyl (C=O) groups excluding carboxylic acids is 1. The molecule has 1 amide bonds. The standard InChI is InChI=1S/C14H13Cl2NO/c1-4-13(8-10(2)15)17(11(3)18)14-7-5-6-12(16)9-14/h4-9H,1-2H2,3H3/b13-8+. The molecule has 0 saturated heterocycles. The van der Waals surface area contributed by atoms with Gasteiger partial charge in [0.2, 0.25) is 5.91 Å². The lowest BCUT2D eigenvalue weighted by Crippen LogP contribution is -2.26. The minimum atomic E-state index is -0.165. The Kier molecular flexibility index (Phi) is 5.20. The fourth-order valence-corrected chi connectivity index (χ4v) is 1.80. The molecule has 2 nitrogen and oxygen atoms in total. The number of hydrogen-bond acceptors (Lipinski definition) is 1. The van der Waals surface area contributed by atoms with Gasteiger partial charge in [0.15, 0.2) is 0 Å². The molecule has 94 valence electrons. The van der Waals surface area contributed by atoms with Gasteiger partial charge in [0.05, 0.1) is 5.69 Å². The zero-order valence-electron chi connectivity index (χ0n) is 9.99. The maximum Gasteiger partial charge on any atom is 0.228 e. The molecular formula is C14H13Cl2NO. The van der Waals surface area contributed by atoms with Gasteiger partial charge in [0, 0.05) is 22.7 Å². The van der Waals surface area contributed by atoms with Gasteiger partial charge >= 0.3 is 0 Å². The first-order chi connectivity index (χ1) is 8.45. The zero-order chi connectivity index (χ0) is 13.7. The lowest BCUT2D eigenvalue weighted by molar-refractivity contribution is -0.116. The third-order valence-electron chi connectivity index (χ3n) is 2.15. The van der Waals surface area contributed by atoms with Crippen molar-refractivity contribution < 1.29 is 4.79 Å². The first-order valence-electron chi connectivity index (χ1n) is 5.20. The average molecular weight is 282 g/mol. The number of halogens is 2. The highest BCUT2D eigenvalue weighted by Crippen LogP contribution is 2.24. The number of nitrogens with zero attached hydrogens (tertiary/aromatic N) is 1. The van der Waals surface area contributed by atoms with Crippen LogP contribution < -0.4 is 4.90 Å². The Labute approximate surface area is 117 Å². The van der Waals surface area contributed by atoms with Crippen molar-refractivity contribution in [2.45, 2.75) is 6.92 Å². The van der Waals surface area contributed by atoms with Crippen molar-refractivity contribution >= 4 is 34.8 Å². The summed E-state index contributed by atoms with van der Waals surface area (Å²) in [6, 6.07) is 6.98. The van der Waals surface area contributed by atoms with Gasteiger partial charge in [-0.1, -0.05) is 42.4 Å². The summed E-state index contributed by atoms with van der Waals surface area (Å²) < 4.78 is 0. The Balaban J connectivity index is 3.30. The number of benzene rings is 1. The molecule has 0 spiro atoms. The molecule has 0 heterocycles. The van der Waals surface area contributed by atoms with E-state index in [0.29, 0.717) is 21.4 Å². The summed E-state index contributed by atoms with van der Waals surface area (Å²) in [5.74, 6) is -0.165. The molecule has 0 fully saturated rings. The number of amides is 1. The molecule has 0 bridgehead atoms. The lowest BCUT2D eigenvalue weighted by Gasteiger charge is -2.22. The van der Waals surface area contributed by atoms with Gasteiger partial charge in [-0.25, -0.2) is 0 Å². The predicted molar refractivity (Wildman–Crippen MR) is 77.9 cm³/mol. The van der Waals surface area contributed by atoms with Crippen LogP contribution in [0.25, 0.3) is 0 Å². The summed E-state index contributed by atoms with van der Waals surface area (Å²) >= 11 is 11.7. The highest BCUT2D eigenvalue weighted by Gasteiger charge is 2.14. The van der Waals surface area contributed by atoms with Crippen LogP contribution in [0.5, 0.6) is 0 Å². The van der Waals surface area contributed by atoms with E-state index >= 15 is 0 Å². The maximum atomic E-state index is 11.8. The van der Waals surface area contributed by atoms with Crippen LogP contribution in [0.4, 0.5) is 5.69 Å². The van der Waals surface area contributed by atoms with Gasteiger partial charge in [-0.15, -0.1) is 0 Å². The Morgan fingerprint density at radius 1 is 1.44 bits per heavy atom. The van der Waals surface area contributed by atoms with E-state index in [2.05, 4.69) is 13.2 Å². The molecule has 18 heavy (non-hydrogen) atoms. The van der Waals surface area contributed by atoms with Gasteiger partial charge in [-0.05, 0) is 30.4 Å². The van der Waals surface area contributed by atoms with Crippen LogP contribution in [-0.4, -0.2) is 5.91 Å². The molecule has 1 rings (SSSR count). The highest BCUT2D eigenvalue weighted by molar-refractivity contribution is 6.31. The average Bonchev–Trinajstić information content (AvgIpc) is 2.27. The van der Waals surface area contributed by atoms with E-state index in [1.807, 2.05) is 0 Å². The third kappa shape index (κ3) is 3.76. The Bertz CT molecular complexity index is 520.